The molecule has 0 saturated carbocycles. The normalized spacial score (nSPS) is 12.3. The number of benzene rings is 2. The van der Waals surface area contributed by atoms with Gasteiger partial charge in [0.1, 0.15) is 18.3 Å². The molecule has 1 aromatic heterocycles. The lowest BCUT2D eigenvalue weighted by atomic mass is 10.0. The Labute approximate surface area is 198 Å². The Morgan fingerprint density at radius 1 is 1.12 bits per heavy atom. The van der Waals surface area contributed by atoms with Gasteiger partial charge in [0.05, 0.1) is 20.4 Å². The number of carbonyl (C=O) groups excluding carboxylic acids is 2. The highest BCUT2D eigenvalue weighted by molar-refractivity contribution is 6.88. The van der Waals surface area contributed by atoms with Gasteiger partial charge in [-0.15, -0.1) is 10.2 Å². The van der Waals surface area contributed by atoms with Crippen LogP contribution in [0.25, 0.3) is 0 Å². The minimum atomic E-state index is -1.71. The molecule has 1 unspecified atom stereocenters. The molecular formula is C24H29FN4O4Si. The lowest BCUT2D eigenvalue weighted by molar-refractivity contribution is -0.126. The number of ether oxygens (including phenoxy) is 1. The van der Waals surface area contributed by atoms with E-state index < -0.39 is 31.7 Å². The SMILES string of the molecule is COCc1ccc(C(NC(=O)Cc2nnc(C)o2)C(=O)Nc2ccc([Si](C)(C)C)cc2F)cc1. The minimum absolute atomic E-state index is 0.0507. The predicted octanol–water partition coefficient (Wildman–Crippen LogP) is 3.25. The highest BCUT2D eigenvalue weighted by atomic mass is 28.3. The first-order chi connectivity index (χ1) is 16.1. The number of rotatable bonds is 9. The third-order valence-corrected chi connectivity index (χ3v) is 7.21. The summed E-state index contributed by atoms with van der Waals surface area (Å²) >= 11 is 0. The smallest absolute Gasteiger partial charge is 0.251 e. The topological polar surface area (TPSA) is 106 Å². The number of anilines is 1. The Morgan fingerprint density at radius 2 is 1.82 bits per heavy atom. The Hall–Kier alpha value is -3.37. The quantitative estimate of drug-likeness (QED) is 0.452. The maximum atomic E-state index is 14.8. The van der Waals surface area contributed by atoms with Crippen LogP contribution in [0.3, 0.4) is 0 Å². The van der Waals surface area contributed by atoms with E-state index in [1.807, 2.05) is 6.07 Å². The first-order valence-corrected chi connectivity index (χ1v) is 14.3. The number of methoxy groups -OCH3 is 1. The molecule has 0 aliphatic carbocycles. The monoisotopic (exact) mass is 484 g/mol. The summed E-state index contributed by atoms with van der Waals surface area (Å²) in [4.78, 5) is 25.8. The van der Waals surface area contributed by atoms with Gasteiger partial charge in [0.2, 0.25) is 17.7 Å². The summed E-state index contributed by atoms with van der Waals surface area (Å²) in [5.41, 5.74) is 1.49. The van der Waals surface area contributed by atoms with Crippen LogP contribution in [0.4, 0.5) is 10.1 Å². The van der Waals surface area contributed by atoms with Crippen molar-refractivity contribution < 1.29 is 23.1 Å². The summed E-state index contributed by atoms with van der Waals surface area (Å²) in [6, 6.07) is 10.8. The van der Waals surface area contributed by atoms with E-state index in [-0.39, 0.29) is 18.0 Å². The molecule has 8 nitrogen and oxygen atoms in total. The molecule has 0 saturated heterocycles. The molecule has 3 rings (SSSR count). The molecule has 0 aliphatic rings. The molecule has 1 atom stereocenters. The van der Waals surface area contributed by atoms with Crippen molar-refractivity contribution in [3.63, 3.8) is 0 Å². The van der Waals surface area contributed by atoms with Gasteiger partial charge in [0, 0.05) is 14.0 Å². The van der Waals surface area contributed by atoms with Gasteiger partial charge in [-0.2, -0.15) is 0 Å². The summed E-state index contributed by atoms with van der Waals surface area (Å²) in [5.74, 6) is -1.11. The predicted molar refractivity (Wildman–Crippen MR) is 129 cm³/mol. The number of aryl methyl sites for hydroxylation is 1. The second-order valence-corrected chi connectivity index (χ2v) is 14.1. The zero-order chi connectivity index (χ0) is 24.9. The van der Waals surface area contributed by atoms with Crippen molar-refractivity contribution >= 4 is 30.8 Å². The van der Waals surface area contributed by atoms with Gasteiger partial charge in [-0.25, -0.2) is 4.39 Å². The molecule has 34 heavy (non-hydrogen) atoms. The number of hydrogen-bond donors (Lipinski definition) is 2. The zero-order valence-electron chi connectivity index (χ0n) is 19.9. The molecule has 2 N–H and O–H groups in total. The average molecular weight is 485 g/mol. The molecule has 0 bridgehead atoms. The lowest BCUT2D eigenvalue weighted by Crippen LogP contribution is -2.39. The standard InChI is InChI=1S/C24H29FN4O4Si/c1-15-28-29-22(33-15)13-21(30)27-23(17-8-6-16(7-9-17)14-32-2)24(31)26-20-11-10-18(12-19(20)25)34(3,4)5/h6-12,23H,13-14H2,1-5H3,(H,26,31)(H,27,30). The third kappa shape index (κ3) is 6.58. The van der Waals surface area contributed by atoms with E-state index in [2.05, 4.69) is 40.5 Å². The minimum Gasteiger partial charge on any atom is -0.425 e. The maximum absolute atomic E-state index is 14.8. The number of nitrogens with one attached hydrogen (secondary N) is 2. The lowest BCUT2D eigenvalue weighted by Gasteiger charge is -2.21. The molecule has 180 valence electrons. The molecule has 2 aromatic carbocycles. The maximum Gasteiger partial charge on any atom is 0.251 e. The number of carbonyl (C=O) groups is 2. The molecule has 0 spiro atoms. The Bertz CT molecular complexity index is 1160. The number of amides is 2. The second-order valence-electron chi connectivity index (χ2n) is 9.00. The van der Waals surface area contributed by atoms with Gasteiger partial charge >= 0.3 is 0 Å². The fraction of sp³-hybridized carbons (Fsp3) is 0.333. The van der Waals surface area contributed by atoms with Crippen molar-refractivity contribution in [3.05, 3.63) is 71.2 Å². The van der Waals surface area contributed by atoms with Crippen LogP contribution >= 0.6 is 0 Å². The van der Waals surface area contributed by atoms with E-state index in [0.717, 1.165) is 10.8 Å². The van der Waals surface area contributed by atoms with Crippen molar-refractivity contribution in [2.24, 2.45) is 0 Å². The summed E-state index contributed by atoms with van der Waals surface area (Å²) in [6.07, 6.45) is -0.189. The molecule has 0 aliphatic heterocycles. The molecular weight excluding hydrogens is 455 g/mol. The summed E-state index contributed by atoms with van der Waals surface area (Å²) < 4.78 is 25.1. The molecule has 0 radical (unpaired) electrons. The summed E-state index contributed by atoms with van der Waals surface area (Å²) in [7, 11) is -0.123. The Morgan fingerprint density at radius 3 is 2.38 bits per heavy atom. The van der Waals surface area contributed by atoms with Gasteiger partial charge in [0.15, 0.2) is 0 Å². The van der Waals surface area contributed by atoms with Crippen molar-refractivity contribution in [3.8, 4) is 0 Å². The molecule has 0 fully saturated rings. The van der Waals surface area contributed by atoms with Crippen LogP contribution in [0.5, 0.6) is 0 Å². The van der Waals surface area contributed by atoms with Gasteiger partial charge in [-0.05, 0) is 23.3 Å². The van der Waals surface area contributed by atoms with Crippen LogP contribution < -0.4 is 15.8 Å². The van der Waals surface area contributed by atoms with E-state index >= 15 is 0 Å². The number of aromatic nitrogens is 2. The van der Waals surface area contributed by atoms with Crippen molar-refractivity contribution in [2.45, 2.75) is 45.6 Å². The highest BCUT2D eigenvalue weighted by Gasteiger charge is 2.25. The molecule has 10 heteroatoms. The van der Waals surface area contributed by atoms with E-state index in [1.165, 1.54) is 6.07 Å². The largest absolute Gasteiger partial charge is 0.425 e. The van der Waals surface area contributed by atoms with Gasteiger partial charge in [-0.1, -0.05) is 55.2 Å². The van der Waals surface area contributed by atoms with E-state index in [1.54, 1.807) is 44.4 Å². The number of nitrogens with zero attached hydrogens (tertiary/aromatic N) is 2. The Balaban J connectivity index is 1.83. The van der Waals surface area contributed by atoms with Crippen molar-refractivity contribution in [1.29, 1.82) is 0 Å². The first-order valence-electron chi connectivity index (χ1n) is 10.8. The molecule has 3 aromatic rings. The number of halogens is 1. The van der Waals surface area contributed by atoms with E-state index in [0.29, 0.717) is 18.1 Å². The van der Waals surface area contributed by atoms with Crippen LogP contribution in [-0.4, -0.2) is 37.2 Å². The summed E-state index contributed by atoms with van der Waals surface area (Å²) in [5, 5.41) is 13.8. The Kier molecular flexibility index (Phi) is 7.95. The van der Waals surface area contributed by atoms with Crippen molar-refractivity contribution in [1.82, 2.24) is 15.5 Å². The van der Waals surface area contributed by atoms with E-state index in [9.17, 15) is 14.0 Å². The third-order valence-electron chi connectivity index (χ3n) is 5.16. The fourth-order valence-corrected chi connectivity index (χ4v) is 4.46. The van der Waals surface area contributed by atoms with Crippen LogP contribution in [0.1, 0.15) is 29.0 Å². The van der Waals surface area contributed by atoms with E-state index in [4.69, 9.17) is 9.15 Å². The fourth-order valence-electron chi connectivity index (χ4n) is 3.32. The average Bonchev–Trinajstić information content (AvgIpc) is 3.18. The second kappa shape index (κ2) is 10.7. The van der Waals surface area contributed by atoms with Crippen molar-refractivity contribution in [2.75, 3.05) is 12.4 Å². The van der Waals surface area contributed by atoms with Crippen LogP contribution in [0.15, 0.2) is 46.9 Å². The van der Waals surface area contributed by atoms with Crippen LogP contribution in [-0.2, 0) is 27.4 Å². The summed E-state index contributed by atoms with van der Waals surface area (Å²) in [6.45, 7) is 8.38. The zero-order valence-corrected chi connectivity index (χ0v) is 20.9. The van der Waals surface area contributed by atoms with Crippen LogP contribution in [0, 0.1) is 12.7 Å². The van der Waals surface area contributed by atoms with Gasteiger partial charge < -0.3 is 19.8 Å². The highest BCUT2D eigenvalue weighted by Crippen LogP contribution is 2.20. The molecule has 2 amide bonds. The first kappa shape index (κ1) is 25.3. The van der Waals surface area contributed by atoms with Crippen LogP contribution in [0.2, 0.25) is 19.6 Å². The molecule has 1 heterocycles. The van der Waals surface area contributed by atoms with Gasteiger partial charge in [-0.3, -0.25) is 9.59 Å². The number of hydrogen-bond acceptors (Lipinski definition) is 6. The van der Waals surface area contributed by atoms with Gasteiger partial charge in [0.25, 0.3) is 5.91 Å².